The van der Waals surface area contributed by atoms with Crippen LogP contribution in [0.25, 0.3) is 11.1 Å². The van der Waals surface area contributed by atoms with Crippen LogP contribution in [0.5, 0.6) is 5.75 Å². The van der Waals surface area contributed by atoms with Crippen molar-refractivity contribution < 1.29 is 19.4 Å². The first-order valence-electron chi connectivity index (χ1n) is 8.75. The minimum Gasteiger partial charge on any atom is -0.497 e. The van der Waals surface area contributed by atoms with Crippen LogP contribution in [0.4, 0.5) is 17.1 Å². The monoisotopic (exact) mass is 374 g/mol. The Labute approximate surface area is 161 Å². The maximum atomic E-state index is 12.7. The van der Waals surface area contributed by atoms with Crippen LogP contribution in [-0.4, -0.2) is 24.1 Å². The summed E-state index contributed by atoms with van der Waals surface area (Å²) < 4.78 is 5.29. The summed E-state index contributed by atoms with van der Waals surface area (Å²) >= 11 is 0. The molecule has 3 aromatic rings. The van der Waals surface area contributed by atoms with E-state index in [9.17, 15) is 9.59 Å². The number of anilines is 3. The Balaban J connectivity index is 1.73. The number of benzene rings is 3. The van der Waals surface area contributed by atoms with Crippen LogP contribution in [0.1, 0.15) is 15.9 Å². The zero-order chi connectivity index (χ0) is 19.7. The van der Waals surface area contributed by atoms with E-state index in [1.807, 2.05) is 36.4 Å². The maximum absolute atomic E-state index is 12.7. The quantitative estimate of drug-likeness (QED) is 0.634. The van der Waals surface area contributed by atoms with E-state index in [0.717, 1.165) is 16.9 Å². The number of ether oxygens (including phenoxy) is 1. The van der Waals surface area contributed by atoms with Crippen molar-refractivity contribution in [2.75, 3.05) is 17.7 Å². The van der Waals surface area contributed by atoms with Gasteiger partial charge in [-0.25, -0.2) is 0 Å². The Bertz CT molecular complexity index is 1090. The van der Waals surface area contributed by atoms with Gasteiger partial charge in [0.1, 0.15) is 5.75 Å². The molecule has 0 unspecified atom stereocenters. The van der Waals surface area contributed by atoms with Gasteiger partial charge in [0.2, 0.25) is 0 Å². The number of carbonyl (C=O) groups is 2. The molecule has 28 heavy (non-hydrogen) atoms. The minimum absolute atomic E-state index is 0.101. The van der Waals surface area contributed by atoms with Crippen molar-refractivity contribution in [1.29, 1.82) is 0 Å². The Morgan fingerprint density at radius 3 is 2.54 bits per heavy atom. The number of nitrogens with one attached hydrogen (secondary N) is 2. The second-order valence-corrected chi connectivity index (χ2v) is 6.52. The zero-order valence-electron chi connectivity index (χ0n) is 15.2. The molecule has 0 fully saturated rings. The van der Waals surface area contributed by atoms with E-state index >= 15 is 0 Å². The van der Waals surface area contributed by atoms with Gasteiger partial charge < -0.3 is 20.5 Å². The lowest BCUT2D eigenvalue weighted by Gasteiger charge is -2.11. The van der Waals surface area contributed by atoms with Gasteiger partial charge in [0.15, 0.2) is 0 Å². The SMILES string of the molecule is COc1cccc(-c2ccc3c(c2)Nc2ccc(CC(=O)O)cc2NC3=O)c1. The highest BCUT2D eigenvalue weighted by atomic mass is 16.5. The van der Waals surface area contributed by atoms with Crippen molar-refractivity contribution in [3.8, 4) is 16.9 Å². The summed E-state index contributed by atoms with van der Waals surface area (Å²) in [6, 6.07) is 18.5. The molecule has 3 N–H and O–H groups in total. The molecule has 0 bridgehead atoms. The molecular weight excluding hydrogens is 356 g/mol. The molecule has 0 spiro atoms. The first kappa shape index (κ1) is 17.6. The third-order valence-corrected chi connectivity index (χ3v) is 4.62. The van der Waals surface area contributed by atoms with E-state index in [-0.39, 0.29) is 12.3 Å². The Kier molecular flexibility index (Phi) is 4.45. The third-order valence-electron chi connectivity index (χ3n) is 4.62. The van der Waals surface area contributed by atoms with Crippen molar-refractivity contribution in [3.63, 3.8) is 0 Å². The van der Waals surface area contributed by atoms with Crippen LogP contribution >= 0.6 is 0 Å². The van der Waals surface area contributed by atoms with Gasteiger partial charge in [0.25, 0.3) is 5.91 Å². The summed E-state index contributed by atoms with van der Waals surface area (Å²) in [6.45, 7) is 0. The van der Waals surface area contributed by atoms with Gasteiger partial charge in [-0.05, 0) is 53.1 Å². The standard InChI is InChI=1S/C22H18N2O4/c1-28-16-4-2-3-14(11-16)15-6-7-17-19(12-15)23-18-8-5-13(10-21(25)26)9-20(18)24-22(17)27/h2-9,11-12,23H,10H2,1H3,(H,24,27)(H,25,26). The Morgan fingerprint density at radius 2 is 1.75 bits per heavy atom. The summed E-state index contributed by atoms with van der Waals surface area (Å²) in [5.74, 6) is -0.403. The molecular formula is C22H18N2O4. The molecule has 6 heteroatoms. The summed E-state index contributed by atoms with van der Waals surface area (Å²) in [5.41, 5.74) is 5.02. The average Bonchev–Trinajstić information content (AvgIpc) is 2.82. The number of carboxylic acids is 1. The fourth-order valence-corrected chi connectivity index (χ4v) is 3.25. The minimum atomic E-state index is -0.918. The molecule has 0 radical (unpaired) electrons. The first-order valence-corrected chi connectivity index (χ1v) is 8.75. The van der Waals surface area contributed by atoms with Gasteiger partial charge in [0, 0.05) is 0 Å². The summed E-state index contributed by atoms with van der Waals surface area (Å²) in [6.07, 6.45) is -0.101. The number of hydrogen-bond acceptors (Lipinski definition) is 4. The first-order chi connectivity index (χ1) is 13.5. The molecule has 1 amide bonds. The number of hydrogen-bond donors (Lipinski definition) is 3. The zero-order valence-corrected chi connectivity index (χ0v) is 15.2. The highest BCUT2D eigenvalue weighted by Gasteiger charge is 2.20. The number of amides is 1. The van der Waals surface area contributed by atoms with E-state index in [4.69, 9.17) is 9.84 Å². The lowest BCUT2D eigenvalue weighted by molar-refractivity contribution is -0.136. The Morgan fingerprint density at radius 1 is 0.929 bits per heavy atom. The topological polar surface area (TPSA) is 87.7 Å². The molecule has 0 aliphatic carbocycles. The molecule has 0 saturated heterocycles. The number of carboxylic acid groups (broad SMARTS) is 1. The van der Waals surface area contributed by atoms with Crippen LogP contribution in [-0.2, 0) is 11.2 Å². The smallest absolute Gasteiger partial charge is 0.307 e. The van der Waals surface area contributed by atoms with E-state index in [1.165, 1.54) is 0 Å². The summed E-state index contributed by atoms with van der Waals surface area (Å²) in [4.78, 5) is 23.6. The van der Waals surface area contributed by atoms with Gasteiger partial charge >= 0.3 is 5.97 Å². The van der Waals surface area contributed by atoms with Crippen molar-refractivity contribution in [3.05, 3.63) is 71.8 Å². The van der Waals surface area contributed by atoms with Gasteiger partial charge in [-0.2, -0.15) is 0 Å². The molecule has 3 aromatic carbocycles. The molecule has 0 saturated carbocycles. The molecule has 0 aromatic heterocycles. The van der Waals surface area contributed by atoms with E-state index in [0.29, 0.717) is 28.2 Å². The number of methoxy groups -OCH3 is 1. The molecule has 1 aliphatic heterocycles. The maximum Gasteiger partial charge on any atom is 0.307 e. The second-order valence-electron chi connectivity index (χ2n) is 6.52. The molecule has 1 heterocycles. The highest BCUT2D eigenvalue weighted by Crippen LogP contribution is 2.35. The lowest BCUT2D eigenvalue weighted by atomic mass is 10.0. The number of fused-ring (bicyclic) bond motifs is 2. The highest BCUT2D eigenvalue weighted by molar-refractivity contribution is 6.12. The number of rotatable bonds is 4. The van der Waals surface area contributed by atoms with Crippen LogP contribution in [0.3, 0.4) is 0 Å². The van der Waals surface area contributed by atoms with E-state index in [2.05, 4.69) is 10.6 Å². The normalized spacial score (nSPS) is 12.1. The van der Waals surface area contributed by atoms with Crippen molar-refractivity contribution >= 4 is 28.9 Å². The molecule has 140 valence electrons. The number of aliphatic carboxylic acids is 1. The van der Waals surface area contributed by atoms with Crippen molar-refractivity contribution in [2.24, 2.45) is 0 Å². The van der Waals surface area contributed by atoms with E-state index in [1.54, 1.807) is 31.4 Å². The van der Waals surface area contributed by atoms with Gasteiger partial charge in [-0.15, -0.1) is 0 Å². The second kappa shape index (κ2) is 7.08. The molecule has 6 nitrogen and oxygen atoms in total. The fourth-order valence-electron chi connectivity index (χ4n) is 3.25. The van der Waals surface area contributed by atoms with Gasteiger partial charge in [-0.1, -0.05) is 24.3 Å². The van der Waals surface area contributed by atoms with Gasteiger partial charge in [-0.3, -0.25) is 9.59 Å². The predicted octanol–water partition coefficient (Wildman–Crippen LogP) is 4.30. The molecule has 4 rings (SSSR count). The summed E-state index contributed by atoms with van der Waals surface area (Å²) in [5, 5.41) is 15.1. The predicted molar refractivity (Wildman–Crippen MR) is 107 cm³/mol. The van der Waals surface area contributed by atoms with Crippen LogP contribution in [0.15, 0.2) is 60.7 Å². The van der Waals surface area contributed by atoms with Crippen LogP contribution in [0.2, 0.25) is 0 Å². The molecule has 0 atom stereocenters. The van der Waals surface area contributed by atoms with Crippen LogP contribution < -0.4 is 15.4 Å². The Hall–Kier alpha value is -3.80. The lowest BCUT2D eigenvalue weighted by Crippen LogP contribution is -2.11. The van der Waals surface area contributed by atoms with Crippen molar-refractivity contribution in [1.82, 2.24) is 0 Å². The van der Waals surface area contributed by atoms with Crippen LogP contribution in [0, 0.1) is 0 Å². The number of carbonyl (C=O) groups excluding carboxylic acids is 1. The molecule has 1 aliphatic rings. The third kappa shape index (κ3) is 3.40. The van der Waals surface area contributed by atoms with E-state index < -0.39 is 5.97 Å². The van der Waals surface area contributed by atoms with Crippen molar-refractivity contribution in [2.45, 2.75) is 6.42 Å². The fraction of sp³-hybridized carbons (Fsp3) is 0.0909. The van der Waals surface area contributed by atoms with Gasteiger partial charge in [0.05, 0.1) is 36.2 Å². The largest absolute Gasteiger partial charge is 0.497 e. The summed E-state index contributed by atoms with van der Waals surface area (Å²) in [7, 11) is 1.62. The average molecular weight is 374 g/mol.